The molecule has 6 rings (SSSR count). The third-order valence-electron chi connectivity index (χ3n) is 7.61. The van der Waals surface area contributed by atoms with Crippen molar-refractivity contribution in [3.63, 3.8) is 0 Å². The molecule has 222 valence electrons. The lowest BCUT2D eigenvalue weighted by molar-refractivity contribution is -0.137. The number of nitriles is 1. The minimum atomic E-state index is -4.90. The first-order chi connectivity index (χ1) is 20.9. The first-order valence-corrected chi connectivity index (χ1v) is 13.8. The number of carbonyl (C=O) groups is 2. The summed E-state index contributed by atoms with van der Waals surface area (Å²) >= 11 is 12.8. The van der Waals surface area contributed by atoms with Crippen LogP contribution in [0, 0.1) is 17.1 Å². The van der Waals surface area contributed by atoms with Crippen molar-refractivity contribution in [3.05, 3.63) is 110 Å². The van der Waals surface area contributed by atoms with Crippen LogP contribution in [0.2, 0.25) is 10.0 Å². The van der Waals surface area contributed by atoms with Crippen LogP contribution in [0.3, 0.4) is 0 Å². The summed E-state index contributed by atoms with van der Waals surface area (Å²) in [6.45, 7) is 0.262. The molecule has 1 unspecified atom stereocenters. The number of nitrogens with two attached hydrogens (primary N) is 1. The Labute approximate surface area is 257 Å². The number of hydrogen-bond donors (Lipinski definition) is 3. The van der Waals surface area contributed by atoms with E-state index in [4.69, 9.17) is 28.9 Å². The van der Waals surface area contributed by atoms with Crippen LogP contribution in [0.15, 0.2) is 60.7 Å². The number of nitrogens with one attached hydrogen (secondary N) is 2. The Kier molecular flexibility index (Phi) is 7.14. The highest BCUT2D eigenvalue weighted by atomic mass is 35.5. The van der Waals surface area contributed by atoms with Gasteiger partial charge >= 0.3 is 12.2 Å². The maximum Gasteiger partial charge on any atom is 0.416 e. The number of amides is 3. The molecule has 1 atom stereocenters. The minimum absolute atomic E-state index is 0.0841. The van der Waals surface area contributed by atoms with Crippen LogP contribution in [0.5, 0.6) is 0 Å². The van der Waals surface area contributed by atoms with Gasteiger partial charge in [0.25, 0.3) is 5.91 Å². The molecule has 0 aromatic heterocycles. The molecule has 4 aromatic rings. The molecule has 0 bridgehead atoms. The molecule has 0 radical (unpaired) electrons. The third-order valence-corrected chi connectivity index (χ3v) is 8.18. The van der Waals surface area contributed by atoms with E-state index in [-0.39, 0.29) is 28.5 Å². The molecule has 2 aliphatic rings. The molecule has 0 fully saturated rings. The number of benzene rings is 4. The van der Waals surface area contributed by atoms with Crippen molar-refractivity contribution in [2.24, 2.45) is 0 Å². The number of alkyl halides is 3. The first kappa shape index (κ1) is 29.3. The normalized spacial score (nSPS) is 15.4. The molecule has 2 aliphatic heterocycles. The fraction of sp³-hybridized carbons (Fsp3) is 0.129. The van der Waals surface area contributed by atoms with Gasteiger partial charge in [0, 0.05) is 39.0 Å². The van der Waals surface area contributed by atoms with Gasteiger partial charge in [0.2, 0.25) is 0 Å². The van der Waals surface area contributed by atoms with Crippen LogP contribution in [-0.2, 0) is 12.6 Å². The monoisotopic (exact) mass is 639 g/mol. The van der Waals surface area contributed by atoms with Crippen molar-refractivity contribution in [2.45, 2.75) is 18.6 Å². The predicted molar refractivity (Wildman–Crippen MR) is 158 cm³/mol. The summed E-state index contributed by atoms with van der Waals surface area (Å²) in [6.07, 6.45) is -4.52. The third kappa shape index (κ3) is 4.96. The summed E-state index contributed by atoms with van der Waals surface area (Å²) in [5.41, 5.74) is 7.44. The highest BCUT2D eigenvalue weighted by Gasteiger charge is 2.41. The second kappa shape index (κ2) is 10.7. The van der Waals surface area contributed by atoms with Crippen LogP contribution in [0.25, 0.3) is 11.1 Å². The van der Waals surface area contributed by atoms with Gasteiger partial charge in [-0.05, 0) is 71.6 Å². The van der Waals surface area contributed by atoms with Crippen LogP contribution >= 0.6 is 23.2 Å². The Hall–Kier alpha value is -4.79. The summed E-state index contributed by atoms with van der Waals surface area (Å²) in [5.74, 6) is -2.29. The highest BCUT2D eigenvalue weighted by molar-refractivity contribution is 6.33. The molecule has 0 saturated carbocycles. The number of anilines is 3. The van der Waals surface area contributed by atoms with Gasteiger partial charge in [-0.15, -0.1) is 0 Å². The van der Waals surface area contributed by atoms with E-state index in [1.54, 1.807) is 42.5 Å². The standard InChI is InChI=1S/C31H19Cl2F4N5O2/c32-16-4-5-23(33)21(11-16)27-26-25(40-29(43)14-8-15(31(35,36)37)10-17(34)9-14)12-20(18-2-1-3-24(39)22(18)13-38)19-6-7-42(28(19)26)30(44)41-27/h1-5,8-12,27H,6-7,39H2,(H,40,43)(H,41,44). The van der Waals surface area contributed by atoms with Crippen LogP contribution in [0.1, 0.15) is 44.2 Å². The topological polar surface area (TPSA) is 111 Å². The molecule has 0 aliphatic carbocycles. The summed E-state index contributed by atoms with van der Waals surface area (Å²) < 4.78 is 54.6. The van der Waals surface area contributed by atoms with E-state index in [0.29, 0.717) is 63.1 Å². The highest BCUT2D eigenvalue weighted by Crippen LogP contribution is 2.50. The molecule has 13 heteroatoms. The van der Waals surface area contributed by atoms with Gasteiger partial charge in [-0.1, -0.05) is 35.3 Å². The fourth-order valence-electron chi connectivity index (χ4n) is 5.70. The van der Waals surface area contributed by atoms with Crippen LogP contribution in [0.4, 0.5) is 39.4 Å². The Morgan fingerprint density at radius 1 is 1.09 bits per heavy atom. The minimum Gasteiger partial charge on any atom is -0.398 e. The van der Waals surface area contributed by atoms with Crippen molar-refractivity contribution < 1.29 is 27.2 Å². The van der Waals surface area contributed by atoms with Gasteiger partial charge in [-0.25, -0.2) is 9.18 Å². The zero-order chi connectivity index (χ0) is 31.5. The van der Waals surface area contributed by atoms with E-state index in [0.717, 1.165) is 0 Å². The molecule has 4 aromatic carbocycles. The molecular formula is C31H19Cl2F4N5O2. The number of nitrogen functional groups attached to an aromatic ring is 1. The molecule has 44 heavy (non-hydrogen) atoms. The zero-order valence-corrected chi connectivity index (χ0v) is 23.8. The average molecular weight is 640 g/mol. The maximum absolute atomic E-state index is 14.3. The Bertz CT molecular complexity index is 1940. The second-order valence-corrected chi connectivity index (χ2v) is 11.1. The van der Waals surface area contributed by atoms with Crippen molar-refractivity contribution in [3.8, 4) is 17.2 Å². The van der Waals surface area contributed by atoms with Crippen molar-refractivity contribution in [1.29, 1.82) is 5.26 Å². The predicted octanol–water partition coefficient (Wildman–Crippen LogP) is 7.70. The van der Waals surface area contributed by atoms with Crippen molar-refractivity contribution >= 4 is 52.2 Å². The van der Waals surface area contributed by atoms with Gasteiger partial charge in [-0.3, -0.25) is 9.69 Å². The number of rotatable bonds is 4. The van der Waals surface area contributed by atoms with Gasteiger partial charge in [0.05, 0.1) is 28.5 Å². The summed E-state index contributed by atoms with van der Waals surface area (Å²) in [7, 11) is 0. The van der Waals surface area contributed by atoms with Crippen molar-refractivity contribution in [1.82, 2.24) is 5.32 Å². The number of halogens is 6. The van der Waals surface area contributed by atoms with Crippen molar-refractivity contribution in [2.75, 3.05) is 22.5 Å². The van der Waals surface area contributed by atoms with E-state index in [1.807, 2.05) is 0 Å². The first-order valence-electron chi connectivity index (χ1n) is 13.1. The van der Waals surface area contributed by atoms with E-state index >= 15 is 0 Å². The second-order valence-electron chi connectivity index (χ2n) is 10.2. The lowest BCUT2D eigenvalue weighted by Gasteiger charge is -2.35. The summed E-state index contributed by atoms with van der Waals surface area (Å²) in [4.78, 5) is 28.4. The molecular weight excluding hydrogens is 621 g/mol. The quantitative estimate of drug-likeness (QED) is 0.157. The van der Waals surface area contributed by atoms with Gasteiger partial charge in [0.1, 0.15) is 11.9 Å². The van der Waals surface area contributed by atoms with E-state index in [1.165, 1.54) is 4.90 Å². The molecule has 0 saturated heterocycles. The molecule has 3 amide bonds. The zero-order valence-electron chi connectivity index (χ0n) is 22.3. The molecule has 0 spiro atoms. The van der Waals surface area contributed by atoms with Crippen LogP contribution in [-0.4, -0.2) is 18.5 Å². The van der Waals surface area contributed by atoms with Gasteiger partial charge in [0.15, 0.2) is 0 Å². The smallest absolute Gasteiger partial charge is 0.398 e. The Morgan fingerprint density at radius 2 is 1.86 bits per heavy atom. The number of urea groups is 1. The molecule has 4 N–H and O–H groups in total. The van der Waals surface area contributed by atoms with Crippen LogP contribution < -0.4 is 21.3 Å². The SMILES string of the molecule is N#Cc1c(N)cccc1-c1cc(NC(=O)c2cc(F)cc(C(F)(F)F)c2)c2c3c1CCN3C(=O)NC2c1cc(Cl)ccc1Cl. The number of hydrogen-bond acceptors (Lipinski definition) is 4. The van der Waals surface area contributed by atoms with Gasteiger partial charge < -0.3 is 16.4 Å². The Morgan fingerprint density at radius 3 is 2.59 bits per heavy atom. The fourth-order valence-corrected chi connectivity index (χ4v) is 6.11. The average Bonchev–Trinajstić information content (AvgIpc) is 3.42. The van der Waals surface area contributed by atoms with E-state index in [2.05, 4.69) is 16.7 Å². The van der Waals surface area contributed by atoms with E-state index < -0.39 is 41.1 Å². The lowest BCUT2D eigenvalue weighted by atomic mass is 9.86. The maximum atomic E-state index is 14.3. The number of nitrogens with zero attached hydrogens (tertiary/aromatic N) is 2. The lowest BCUT2D eigenvalue weighted by Crippen LogP contribution is -2.46. The molecule has 2 heterocycles. The number of carbonyl (C=O) groups excluding carboxylic acids is 2. The van der Waals surface area contributed by atoms with Gasteiger partial charge in [-0.2, -0.15) is 18.4 Å². The summed E-state index contributed by atoms with van der Waals surface area (Å²) in [5, 5.41) is 16.0. The molecule has 7 nitrogen and oxygen atoms in total. The van der Waals surface area contributed by atoms with E-state index in [9.17, 15) is 32.4 Å². The largest absolute Gasteiger partial charge is 0.416 e. The Balaban J connectivity index is 1.61. The summed E-state index contributed by atoms with van der Waals surface area (Å²) in [6, 6.07) is 13.3.